The van der Waals surface area contributed by atoms with Gasteiger partial charge in [-0.05, 0) is 48.4 Å². The topological polar surface area (TPSA) is 68.4 Å². The maximum Gasteiger partial charge on any atom is 0.583 e. The number of epoxide rings is 1. The fraction of sp³-hybridized carbons (Fsp3) is 0.609. The summed E-state index contributed by atoms with van der Waals surface area (Å²) in [4.78, 5) is 27.5. The molecule has 6 rings (SSSR count). The first-order chi connectivity index (χ1) is 14.2. The number of nitrogens with zero attached hydrogens (tertiary/aromatic N) is 1. The molecule has 5 fully saturated rings. The van der Waals surface area contributed by atoms with E-state index in [4.69, 9.17) is 14.0 Å². The van der Waals surface area contributed by atoms with Crippen molar-refractivity contribution in [2.75, 3.05) is 13.1 Å². The number of fused-ring (bicyclic) bond motifs is 2. The second kappa shape index (κ2) is 6.76. The van der Waals surface area contributed by atoms with E-state index in [2.05, 4.69) is 27.6 Å². The molecule has 30 heavy (non-hydrogen) atoms. The Bertz CT molecular complexity index is 838. The summed E-state index contributed by atoms with van der Waals surface area (Å²) in [7, 11) is 0. The van der Waals surface area contributed by atoms with E-state index in [0.717, 1.165) is 12.0 Å². The molecule has 1 aromatic rings. The second-order valence-electron chi connectivity index (χ2n) is 10.3. The molecule has 1 aromatic carbocycles. The number of carbonyl (C=O) groups is 2. The van der Waals surface area contributed by atoms with Gasteiger partial charge in [0.1, 0.15) is 0 Å². The molecule has 0 amide bonds. The Morgan fingerprint density at radius 2 is 1.70 bits per heavy atom. The van der Waals surface area contributed by atoms with Crippen molar-refractivity contribution >= 4 is 18.5 Å². The quantitative estimate of drug-likeness (QED) is 0.433. The lowest BCUT2D eigenvalue weighted by Crippen LogP contribution is -2.63. The Kier molecular flexibility index (Phi) is 4.49. The van der Waals surface area contributed by atoms with Crippen molar-refractivity contribution in [2.45, 2.75) is 51.8 Å². The number of carbonyl (C=O) groups excluding carboxylic acids is 2. The molecule has 0 N–H and O–H groups in total. The molecule has 3 aliphatic carbocycles. The van der Waals surface area contributed by atoms with Crippen LogP contribution in [-0.4, -0.2) is 48.5 Å². The lowest BCUT2D eigenvalue weighted by molar-refractivity contribution is -0.161. The summed E-state index contributed by atoms with van der Waals surface area (Å²) in [5.41, 5.74) is 1.31. The van der Waals surface area contributed by atoms with Crippen molar-refractivity contribution in [3.63, 3.8) is 0 Å². The lowest BCUT2D eigenvalue weighted by Gasteiger charge is -2.63. The summed E-state index contributed by atoms with van der Waals surface area (Å²) in [6, 6.07) is 9.30. The molecule has 5 aliphatic rings. The van der Waals surface area contributed by atoms with Gasteiger partial charge >= 0.3 is 6.55 Å². The third-order valence-corrected chi connectivity index (χ3v) is 8.26. The van der Waals surface area contributed by atoms with Crippen molar-refractivity contribution in [1.82, 2.24) is 4.90 Å². The summed E-state index contributed by atoms with van der Waals surface area (Å²) in [5, 5.41) is 0. The lowest BCUT2D eigenvalue weighted by atomic mass is 9.44. The van der Waals surface area contributed by atoms with Crippen molar-refractivity contribution in [3.8, 4) is 0 Å². The average Bonchev–Trinajstić information content (AvgIpc) is 3.48. The largest absolute Gasteiger partial charge is 0.614 e. The third-order valence-electron chi connectivity index (χ3n) is 8.26. The van der Waals surface area contributed by atoms with Crippen molar-refractivity contribution in [1.29, 1.82) is 0 Å². The highest BCUT2D eigenvalue weighted by atomic mass is 16.7. The van der Waals surface area contributed by atoms with Gasteiger partial charge in [-0.3, -0.25) is 14.5 Å². The molecular formula is C23H30BNO5. The minimum atomic E-state index is -2.43. The number of ether oxygens (including phenoxy) is 1. The van der Waals surface area contributed by atoms with Gasteiger partial charge in [-0.2, -0.15) is 0 Å². The Morgan fingerprint density at radius 3 is 2.27 bits per heavy atom. The van der Waals surface area contributed by atoms with E-state index < -0.39 is 24.5 Å². The summed E-state index contributed by atoms with van der Waals surface area (Å²) in [5.74, 6) is 0.899. The normalized spacial score (nSPS) is 39.7. The standard InChI is InChI=1S/C23H30BNO5/c1-14-17-10-16(23(17,2)3)11-18(14)25-12-19(26)29-24(4,30-20(27)13-25)22-21(28-22)15-8-6-5-7-9-15/h5-9,14,16-18,21-22H,4,10-13H2,1-3H3/t14-,16+,17-,18-,21+,22-/m1/s1. The van der Waals surface area contributed by atoms with Crippen LogP contribution in [0.25, 0.3) is 0 Å². The van der Waals surface area contributed by atoms with E-state index in [9.17, 15) is 9.59 Å². The van der Waals surface area contributed by atoms with E-state index in [1.165, 1.54) is 6.42 Å². The van der Waals surface area contributed by atoms with Gasteiger partial charge in [0, 0.05) is 6.04 Å². The summed E-state index contributed by atoms with van der Waals surface area (Å²) in [6.45, 7) is 8.67. The van der Waals surface area contributed by atoms with Crippen LogP contribution in [0.2, 0.25) is 0 Å². The van der Waals surface area contributed by atoms with Crippen molar-refractivity contribution in [2.24, 2.45) is 23.2 Å². The Hall–Kier alpha value is -1.99. The van der Waals surface area contributed by atoms with Gasteiger partial charge in [0.25, 0.3) is 11.9 Å². The molecule has 3 saturated carbocycles. The number of hydrogen-bond acceptors (Lipinski definition) is 6. The zero-order chi connectivity index (χ0) is 21.3. The molecule has 0 aromatic heterocycles. The molecular weight excluding hydrogens is 381 g/mol. The minimum absolute atomic E-state index is 0.0890. The first kappa shape index (κ1) is 19.9. The van der Waals surface area contributed by atoms with Gasteiger partial charge in [0.05, 0.1) is 25.2 Å². The minimum Gasteiger partial charge on any atom is -0.614 e. The molecule has 2 aliphatic heterocycles. The van der Waals surface area contributed by atoms with Crippen molar-refractivity contribution in [3.05, 3.63) is 42.7 Å². The van der Waals surface area contributed by atoms with Gasteiger partial charge in [-0.25, -0.2) is 0 Å². The highest BCUT2D eigenvalue weighted by molar-refractivity contribution is 6.74. The predicted molar refractivity (Wildman–Crippen MR) is 112 cm³/mol. The van der Waals surface area contributed by atoms with Gasteiger partial charge in [-0.15, -0.1) is 0 Å². The first-order valence-corrected chi connectivity index (χ1v) is 11.1. The average molecular weight is 411 g/mol. The third kappa shape index (κ3) is 3.14. The maximum absolute atomic E-state index is 12.8. The Labute approximate surface area is 178 Å². The first-order valence-electron chi connectivity index (χ1n) is 11.1. The van der Waals surface area contributed by atoms with Gasteiger partial charge < -0.3 is 14.0 Å². The van der Waals surface area contributed by atoms with Crippen LogP contribution in [0, 0.1) is 30.0 Å². The number of hydrogen-bond donors (Lipinski definition) is 0. The molecule has 2 saturated heterocycles. The van der Waals surface area contributed by atoms with Crippen LogP contribution in [0.3, 0.4) is 0 Å². The van der Waals surface area contributed by atoms with Crippen molar-refractivity contribution < 1.29 is 23.6 Å². The second-order valence-corrected chi connectivity index (χ2v) is 10.3. The highest BCUT2D eigenvalue weighted by Gasteiger charge is 2.63. The molecule has 0 spiro atoms. The molecule has 2 bridgehead atoms. The van der Waals surface area contributed by atoms with Crippen LogP contribution < -0.4 is 0 Å². The summed E-state index contributed by atoms with van der Waals surface area (Å²) >= 11 is 0. The predicted octanol–water partition coefficient (Wildman–Crippen LogP) is 2.95. The fourth-order valence-corrected chi connectivity index (χ4v) is 6.33. The van der Waals surface area contributed by atoms with E-state index in [1.54, 1.807) is 0 Å². The Morgan fingerprint density at radius 1 is 1.07 bits per heavy atom. The maximum atomic E-state index is 12.8. The summed E-state index contributed by atoms with van der Waals surface area (Å²) < 4.78 is 17.1. The van der Waals surface area contributed by atoms with Gasteiger partial charge in [-0.1, -0.05) is 51.1 Å². The fourth-order valence-electron chi connectivity index (χ4n) is 6.33. The highest BCUT2D eigenvalue weighted by Crippen LogP contribution is 2.62. The Balaban J connectivity index is 1.29. The molecule has 0 unspecified atom stereocenters. The van der Waals surface area contributed by atoms with Crippen LogP contribution >= 0.6 is 0 Å². The van der Waals surface area contributed by atoms with E-state index >= 15 is 0 Å². The zero-order valence-electron chi connectivity index (χ0n) is 18.0. The SMILES string of the molecule is [CH2+][B-]1([C@@H]2O[C@H]2c2ccccc2)OC(=O)CN([C@@H]2C[C@@H]3C[C@H]([C@H]2C)C3(C)C)CC(=O)O1. The molecule has 2 heterocycles. The van der Waals surface area contributed by atoms with Crippen LogP contribution in [0.5, 0.6) is 0 Å². The van der Waals surface area contributed by atoms with E-state index in [0.29, 0.717) is 23.2 Å². The van der Waals surface area contributed by atoms with E-state index in [1.807, 2.05) is 35.2 Å². The van der Waals surface area contributed by atoms with Gasteiger partial charge in [0.2, 0.25) is 0 Å². The molecule has 160 valence electrons. The molecule has 6 nitrogen and oxygen atoms in total. The van der Waals surface area contributed by atoms with E-state index in [-0.39, 0.29) is 25.2 Å². The molecule has 0 radical (unpaired) electrons. The summed E-state index contributed by atoms with van der Waals surface area (Å²) in [6.07, 6.45) is 1.99. The molecule has 7 heteroatoms. The van der Waals surface area contributed by atoms with Crippen LogP contribution in [0.1, 0.15) is 45.3 Å². The number of benzene rings is 1. The number of rotatable bonds is 3. The van der Waals surface area contributed by atoms with Crippen LogP contribution in [0.15, 0.2) is 30.3 Å². The monoisotopic (exact) mass is 411 g/mol. The smallest absolute Gasteiger partial charge is 0.583 e. The van der Waals surface area contributed by atoms with Gasteiger partial charge in [0.15, 0.2) is 0 Å². The zero-order valence-corrected chi connectivity index (χ0v) is 18.0. The van der Waals surface area contributed by atoms with Crippen LogP contribution in [0.4, 0.5) is 0 Å². The molecule has 6 atom stereocenters. The van der Waals surface area contributed by atoms with Crippen LogP contribution in [-0.2, 0) is 23.6 Å².